The van der Waals surface area contributed by atoms with Crippen LogP contribution in [0, 0.1) is 0 Å². The van der Waals surface area contributed by atoms with E-state index in [0.717, 1.165) is 19.3 Å². The summed E-state index contributed by atoms with van der Waals surface area (Å²) in [5.74, 6) is -1.01. The lowest BCUT2D eigenvalue weighted by Crippen LogP contribution is -2.19. The summed E-state index contributed by atoms with van der Waals surface area (Å²) >= 11 is 0. The minimum atomic E-state index is -4.09. The summed E-state index contributed by atoms with van der Waals surface area (Å²) in [5.41, 5.74) is 6.61. The van der Waals surface area contributed by atoms with Crippen molar-refractivity contribution in [2.45, 2.75) is 31.5 Å². The normalized spacial score (nSPS) is 13.7. The van der Waals surface area contributed by atoms with E-state index in [-0.39, 0.29) is 0 Å². The van der Waals surface area contributed by atoms with E-state index in [2.05, 4.69) is 0 Å². The number of hydrogen-bond acceptors (Lipinski definition) is 2. The third-order valence-corrected chi connectivity index (χ3v) is 3.61. The van der Waals surface area contributed by atoms with Gasteiger partial charge in [-0.2, -0.15) is 0 Å². The van der Waals surface area contributed by atoms with Crippen molar-refractivity contribution in [1.82, 2.24) is 0 Å². The number of hydrogen-bond donors (Lipinski definition) is 3. The molecule has 1 aromatic rings. The Kier molecular flexibility index (Phi) is 5.16. The number of unbranched alkanes of at least 4 members (excludes halogenated alkanes) is 1. The second-order valence-electron chi connectivity index (χ2n) is 3.89. The Bertz CT molecular complexity index is 350. The number of rotatable bonds is 6. The molecule has 5 heteroatoms. The molecule has 1 atom stereocenters. The van der Waals surface area contributed by atoms with Crippen LogP contribution < -0.4 is 5.73 Å². The van der Waals surface area contributed by atoms with Crippen molar-refractivity contribution < 1.29 is 14.4 Å². The first-order chi connectivity index (χ1) is 7.50. The highest BCUT2D eigenvalue weighted by molar-refractivity contribution is 7.52. The molecule has 16 heavy (non-hydrogen) atoms. The molecule has 0 fully saturated rings. The minimum Gasteiger partial charge on any atom is -0.323 e. The topological polar surface area (TPSA) is 83.6 Å². The largest absolute Gasteiger partial charge is 0.342 e. The molecule has 1 unspecified atom stereocenters. The lowest BCUT2D eigenvalue weighted by molar-refractivity contribution is 0.353. The van der Waals surface area contributed by atoms with Crippen LogP contribution in [0.3, 0.4) is 0 Å². The van der Waals surface area contributed by atoms with Crippen LogP contribution in [-0.2, 0) is 11.0 Å². The van der Waals surface area contributed by atoms with Crippen molar-refractivity contribution in [3.05, 3.63) is 35.9 Å². The zero-order valence-electron chi connectivity index (χ0n) is 9.12. The maximum Gasteiger partial charge on any atom is 0.342 e. The van der Waals surface area contributed by atoms with Gasteiger partial charge in [0.1, 0.15) is 5.78 Å². The van der Waals surface area contributed by atoms with Gasteiger partial charge in [-0.1, -0.05) is 36.8 Å². The number of benzene rings is 1. The first-order valence-electron chi connectivity index (χ1n) is 5.35. The van der Waals surface area contributed by atoms with Gasteiger partial charge in [-0.25, -0.2) is 0 Å². The maximum absolute atomic E-state index is 10.8. The molecule has 0 aliphatic rings. The quantitative estimate of drug-likeness (QED) is 0.526. The summed E-state index contributed by atoms with van der Waals surface area (Å²) in [6, 6.07) is 10.0. The minimum absolute atomic E-state index is 0.372. The van der Waals surface area contributed by atoms with Gasteiger partial charge in [0.2, 0.25) is 0 Å². The lowest BCUT2D eigenvalue weighted by atomic mass is 10.1. The zero-order valence-corrected chi connectivity index (χ0v) is 10.0. The first-order valence-corrected chi connectivity index (χ1v) is 7.03. The Labute approximate surface area is 95.6 Å². The highest BCUT2D eigenvalue weighted by Gasteiger charge is 2.23. The van der Waals surface area contributed by atoms with E-state index in [4.69, 9.17) is 15.5 Å². The summed E-state index contributed by atoms with van der Waals surface area (Å²) in [4.78, 5) is 17.6. The predicted molar refractivity (Wildman–Crippen MR) is 64.0 cm³/mol. The van der Waals surface area contributed by atoms with Crippen molar-refractivity contribution in [2.75, 3.05) is 0 Å². The molecule has 1 rings (SSSR count). The first kappa shape index (κ1) is 13.4. The van der Waals surface area contributed by atoms with Crippen molar-refractivity contribution in [3.63, 3.8) is 0 Å². The van der Waals surface area contributed by atoms with Crippen molar-refractivity contribution in [1.29, 1.82) is 0 Å². The summed E-state index contributed by atoms with van der Waals surface area (Å²) < 4.78 is 10.8. The van der Waals surface area contributed by atoms with E-state index in [1.54, 1.807) is 0 Å². The van der Waals surface area contributed by atoms with Gasteiger partial charge < -0.3 is 15.5 Å². The Morgan fingerprint density at radius 3 is 2.38 bits per heavy atom. The molecule has 4 nitrogen and oxygen atoms in total. The molecule has 0 aliphatic heterocycles. The van der Waals surface area contributed by atoms with Gasteiger partial charge in [-0.3, -0.25) is 4.57 Å². The van der Waals surface area contributed by atoms with Crippen LogP contribution in [-0.4, -0.2) is 15.6 Å². The van der Waals surface area contributed by atoms with Gasteiger partial charge in [-0.05, 0) is 24.8 Å². The van der Waals surface area contributed by atoms with Crippen molar-refractivity contribution in [2.24, 2.45) is 5.73 Å². The fraction of sp³-hybridized carbons (Fsp3) is 0.455. The van der Waals surface area contributed by atoms with Crippen LogP contribution in [0.15, 0.2) is 30.3 Å². The molecule has 0 spiro atoms. The molecule has 0 radical (unpaired) electrons. The van der Waals surface area contributed by atoms with Crippen LogP contribution in [0.2, 0.25) is 0 Å². The summed E-state index contributed by atoms with van der Waals surface area (Å²) in [6.45, 7) is 0. The van der Waals surface area contributed by atoms with E-state index >= 15 is 0 Å². The SMILES string of the molecule is NC(CCCCc1ccccc1)P(=O)(O)O. The van der Waals surface area contributed by atoms with Crippen LogP contribution >= 0.6 is 7.60 Å². The Morgan fingerprint density at radius 2 is 1.81 bits per heavy atom. The third kappa shape index (κ3) is 4.90. The predicted octanol–water partition coefficient (Wildman–Crippen LogP) is 1.86. The lowest BCUT2D eigenvalue weighted by Gasteiger charge is -2.12. The Balaban J connectivity index is 2.20. The van der Waals surface area contributed by atoms with Crippen LogP contribution in [0.1, 0.15) is 24.8 Å². The maximum atomic E-state index is 10.8. The van der Waals surface area contributed by atoms with Gasteiger partial charge in [0.15, 0.2) is 0 Å². The van der Waals surface area contributed by atoms with Gasteiger partial charge in [-0.15, -0.1) is 0 Å². The standard InChI is InChI=1S/C11H18NO3P/c12-11(16(13,14)15)9-5-4-8-10-6-2-1-3-7-10/h1-3,6-7,11H,4-5,8-9,12H2,(H2,13,14,15). The van der Waals surface area contributed by atoms with Crippen LogP contribution in [0.25, 0.3) is 0 Å². The molecule has 0 bridgehead atoms. The summed E-state index contributed by atoms with van der Waals surface area (Å²) in [7, 11) is -4.09. The molecule has 1 aromatic carbocycles. The average Bonchev–Trinajstić information content (AvgIpc) is 2.24. The second kappa shape index (κ2) is 6.16. The molecule has 90 valence electrons. The zero-order chi connectivity index (χ0) is 12.0. The Morgan fingerprint density at radius 1 is 1.19 bits per heavy atom. The number of aryl methyl sites for hydroxylation is 1. The Hall–Kier alpha value is -0.670. The summed E-state index contributed by atoms with van der Waals surface area (Å²) in [6.07, 6.45) is 2.94. The highest BCUT2D eigenvalue weighted by atomic mass is 31.2. The summed E-state index contributed by atoms with van der Waals surface area (Å²) in [5, 5.41) is 0. The van der Waals surface area contributed by atoms with E-state index < -0.39 is 13.4 Å². The smallest absolute Gasteiger partial charge is 0.323 e. The van der Waals surface area contributed by atoms with Crippen molar-refractivity contribution in [3.8, 4) is 0 Å². The number of nitrogens with two attached hydrogens (primary N) is 1. The fourth-order valence-corrected chi connectivity index (χ4v) is 2.01. The van der Waals surface area contributed by atoms with Gasteiger partial charge in [0.05, 0.1) is 0 Å². The molecule has 0 aromatic heterocycles. The van der Waals surface area contributed by atoms with E-state index in [0.29, 0.717) is 6.42 Å². The molecule has 0 heterocycles. The fourth-order valence-electron chi connectivity index (χ4n) is 1.50. The molecular weight excluding hydrogens is 225 g/mol. The van der Waals surface area contributed by atoms with Crippen LogP contribution in [0.4, 0.5) is 0 Å². The van der Waals surface area contributed by atoms with E-state index in [1.807, 2.05) is 30.3 Å². The molecule has 0 aliphatic carbocycles. The molecule has 0 amide bonds. The van der Waals surface area contributed by atoms with Gasteiger partial charge in [0.25, 0.3) is 0 Å². The van der Waals surface area contributed by atoms with Crippen molar-refractivity contribution >= 4 is 7.60 Å². The second-order valence-corrected chi connectivity index (χ2v) is 5.73. The highest BCUT2D eigenvalue weighted by Crippen LogP contribution is 2.40. The molecule has 0 saturated carbocycles. The van der Waals surface area contributed by atoms with Gasteiger partial charge >= 0.3 is 7.60 Å². The molecular formula is C11H18NO3P. The van der Waals surface area contributed by atoms with E-state index in [1.165, 1.54) is 5.56 Å². The van der Waals surface area contributed by atoms with E-state index in [9.17, 15) is 4.57 Å². The average molecular weight is 243 g/mol. The monoisotopic (exact) mass is 243 g/mol. The third-order valence-electron chi connectivity index (χ3n) is 2.49. The van der Waals surface area contributed by atoms with Crippen LogP contribution in [0.5, 0.6) is 0 Å². The molecule has 4 N–H and O–H groups in total. The molecule has 0 saturated heterocycles. The van der Waals surface area contributed by atoms with Gasteiger partial charge in [0, 0.05) is 0 Å².